The van der Waals surface area contributed by atoms with E-state index in [-0.39, 0.29) is 5.96 Å². The van der Waals surface area contributed by atoms with Gasteiger partial charge < -0.3 is 15.2 Å². The Morgan fingerprint density at radius 1 is 1.50 bits per heavy atom. The minimum absolute atomic E-state index is 0.132. The predicted molar refractivity (Wildman–Crippen MR) is 87.3 cm³/mol. The first-order valence-corrected chi connectivity index (χ1v) is 8.57. The third-order valence-electron chi connectivity index (χ3n) is 3.63. The van der Waals surface area contributed by atoms with Crippen molar-refractivity contribution in [1.29, 1.82) is 5.26 Å². The van der Waals surface area contributed by atoms with E-state index >= 15 is 0 Å². The Bertz CT molecular complexity index is 813. The SMILES string of the molecule is CN=C(NC1c2cc(C#N)ccc2OC(C)(C)[C@H]1O)NS(N)(=O)=O. The van der Waals surface area contributed by atoms with Gasteiger partial charge in [0.15, 0.2) is 0 Å². The maximum atomic E-state index is 11.2. The molecule has 1 aliphatic rings. The predicted octanol–water partition coefficient (Wildman–Crippen LogP) is -0.500. The number of fused-ring (bicyclic) bond motifs is 1. The lowest BCUT2D eigenvalue weighted by molar-refractivity contribution is -0.0611. The van der Waals surface area contributed by atoms with Gasteiger partial charge in [-0.25, -0.2) is 9.86 Å². The maximum Gasteiger partial charge on any atom is 0.298 e. The van der Waals surface area contributed by atoms with Crippen molar-refractivity contribution in [2.75, 3.05) is 7.05 Å². The number of rotatable bonds is 2. The Morgan fingerprint density at radius 2 is 2.17 bits per heavy atom. The van der Waals surface area contributed by atoms with Crippen molar-refractivity contribution in [2.45, 2.75) is 31.6 Å². The van der Waals surface area contributed by atoms with Crippen LogP contribution < -0.4 is 19.9 Å². The van der Waals surface area contributed by atoms with Crippen LogP contribution in [0, 0.1) is 11.3 Å². The van der Waals surface area contributed by atoms with Crippen LogP contribution in [-0.4, -0.2) is 38.2 Å². The molecule has 0 fully saturated rings. The van der Waals surface area contributed by atoms with Crippen molar-refractivity contribution in [2.24, 2.45) is 10.1 Å². The quantitative estimate of drug-likeness (QED) is 0.416. The molecule has 0 aromatic heterocycles. The molecule has 0 spiro atoms. The minimum Gasteiger partial charge on any atom is -0.485 e. The van der Waals surface area contributed by atoms with Crippen molar-refractivity contribution < 1.29 is 18.3 Å². The van der Waals surface area contributed by atoms with E-state index in [1.807, 2.05) is 10.8 Å². The van der Waals surface area contributed by atoms with Gasteiger partial charge in [-0.15, -0.1) is 0 Å². The van der Waals surface area contributed by atoms with E-state index in [4.69, 9.17) is 15.1 Å². The molecule has 9 nitrogen and oxygen atoms in total. The van der Waals surface area contributed by atoms with Gasteiger partial charge in [-0.1, -0.05) is 0 Å². The zero-order valence-corrected chi connectivity index (χ0v) is 14.3. The molecule has 0 radical (unpaired) electrons. The molecule has 0 bridgehead atoms. The number of nitriles is 1. The fraction of sp³-hybridized carbons (Fsp3) is 0.429. The molecule has 5 N–H and O–H groups in total. The van der Waals surface area contributed by atoms with Crippen molar-refractivity contribution in [3.05, 3.63) is 29.3 Å². The molecular weight excluding hydrogens is 334 g/mol. The van der Waals surface area contributed by atoms with E-state index in [0.717, 1.165) is 0 Å². The summed E-state index contributed by atoms with van der Waals surface area (Å²) < 4.78 is 30.2. The van der Waals surface area contributed by atoms with E-state index in [9.17, 15) is 13.5 Å². The highest BCUT2D eigenvalue weighted by Gasteiger charge is 2.43. The van der Waals surface area contributed by atoms with E-state index < -0.39 is 28.0 Å². The molecule has 1 aromatic carbocycles. The summed E-state index contributed by atoms with van der Waals surface area (Å²) in [5.41, 5.74) is -0.0529. The molecule has 1 unspecified atom stereocenters. The van der Waals surface area contributed by atoms with Gasteiger partial charge in [0.05, 0.1) is 17.7 Å². The van der Waals surface area contributed by atoms with Gasteiger partial charge in [-0.3, -0.25) is 4.99 Å². The zero-order chi connectivity index (χ0) is 18.1. The van der Waals surface area contributed by atoms with Crippen molar-refractivity contribution in [3.8, 4) is 11.8 Å². The van der Waals surface area contributed by atoms with Gasteiger partial charge in [0.25, 0.3) is 10.2 Å². The smallest absolute Gasteiger partial charge is 0.298 e. The Morgan fingerprint density at radius 3 is 2.71 bits per heavy atom. The average molecular weight is 353 g/mol. The molecule has 130 valence electrons. The van der Waals surface area contributed by atoms with Crippen LogP contribution in [-0.2, 0) is 10.2 Å². The number of nitrogens with one attached hydrogen (secondary N) is 2. The van der Waals surface area contributed by atoms with Gasteiger partial charge in [0.2, 0.25) is 5.96 Å². The van der Waals surface area contributed by atoms with Crippen LogP contribution in [0.4, 0.5) is 0 Å². The molecule has 0 saturated heterocycles. The molecule has 2 rings (SSSR count). The first kappa shape index (κ1) is 18.0. The van der Waals surface area contributed by atoms with Gasteiger partial charge in [-0.05, 0) is 32.0 Å². The summed E-state index contributed by atoms with van der Waals surface area (Å²) in [5.74, 6) is 0.348. The summed E-state index contributed by atoms with van der Waals surface area (Å²) >= 11 is 0. The van der Waals surface area contributed by atoms with Crippen LogP contribution in [0.3, 0.4) is 0 Å². The lowest BCUT2D eigenvalue weighted by atomic mass is 9.86. The number of aliphatic imine (C=N–C) groups is 1. The van der Waals surface area contributed by atoms with E-state index in [0.29, 0.717) is 16.9 Å². The highest BCUT2D eigenvalue weighted by atomic mass is 32.2. The first-order chi connectivity index (χ1) is 11.1. The standard InChI is InChI=1S/C14H19N5O4S/c1-14(2)12(20)11(18-13(17-3)19-24(16,21)22)9-6-8(7-15)4-5-10(9)23-14/h4-6,11-12,20H,1-3H3,(H2,16,21,22)(H2,17,18,19)/t11?,12-/m0/s1. The van der Waals surface area contributed by atoms with Crippen LogP contribution in [0.5, 0.6) is 5.75 Å². The Kier molecular flexibility index (Phi) is 4.70. The number of aliphatic hydroxyl groups excluding tert-OH is 1. The summed E-state index contributed by atoms with van der Waals surface area (Å²) in [6.07, 6.45) is -1.04. The van der Waals surface area contributed by atoms with Crippen molar-refractivity contribution >= 4 is 16.2 Å². The first-order valence-electron chi connectivity index (χ1n) is 7.02. The van der Waals surface area contributed by atoms with Crippen LogP contribution in [0.2, 0.25) is 0 Å². The van der Waals surface area contributed by atoms with Crippen LogP contribution in [0.15, 0.2) is 23.2 Å². The number of hydrogen-bond acceptors (Lipinski definition) is 6. The van der Waals surface area contributed by atoms with Crippen LogP contribution >= 0.6 is 0 Å². The highest BCUT2D eigenvalue weighted by molar-refractivity contribution is 7.87. The molecule has 0 aliphatic carbocycles. The molecule has 10 heteroatoms. The molecular formula is C14H19N5O4S. The number of nitrogens with zero attached hydrogens (tertiary/aromatic N) is 2. The third-order valence-corrected chi connectivity index (χ3v) is 4.11. The fourth-order valence-corrected chi connectivity index (χ4v) is 2.87. The van der Waals surface area contributed by atoms with Gasteiger partial charge in [0, 0.05) is 12.6 Å². The van der Waals surface area contributed by atoms with E-state index in [2.05, 4.69) is 10.3 Å². The van der Waals surface area contributed by atoms with Crippen molar-refractivity contribution in [3.63, 3.8) is 0 Å². The van der Waals surface area contributed by atoms with Gasteiger partial charge in [-0.2, -0.15) is 13.7 Å². The maximum absolute atomic E-state index is 11.2. The molecule has 24 heavy (non-hydrogen) atoms. The van der Waals surface area contributed by atoms with E-state index in [1.54, 1.807) is 32.0 Å². The third kappa shape index (κ3) is 3.76. The van der Waals surface area contributed by atoms with Crippen LogP contribution in [0.25, 0.3) is 0 Å². The zero-order valence-electron chi connectivity index (χ0n) is 13.4. The summed E-state index contributed by atoms with van der Waals surface area (Å²) in [6, 6.07) is 6.05. The summed E-state index contributed by atoms with van der Waals surface area (Å²) in [5, 5.41) is 27.5. The largest absolute Gasteiger partial charge is 0.485 e. The summed E-state index contributed by atoms with van der Waals surface area (Å²) in [7, 11) is -2.67. The number of nitrogens with two attached hydrogens (primary N) is 1. The molecule has 1 aliphatic heterocycles. The molecule has 1 aromatic rings. The molecule has 0 saturated carbocycles. The molecule has 1 heterocycles. The monoisotopic (exact) mass is 353 g/mol. The van der Waals surface area contributed by atoms with Gasteiger partial charge >= 0.3 is 0 Å². The summed E-state index contributed by atoms with van der Waals surface area (Å²) in [6.45, 7) is 3.40. The normalized spacial score (nSPS) is 22.8. The van der Waals surface area contributed by atoms with Crippen LogP contribution in [0.1, 0.15) is 31.0 Å². The number of guanidine groups is 1. The van der Waals surface area contributed by atoms with Gasteiger partial charge in [0.1, 0.15) is 17.5 Å². The van der Waals surface area contributed by atoms with Crippen molar-refractivity contribution in [1.82, 2.24) is 10.0 Å². The van der Waals surface area contributed by atoms with E-state index in [1.165, 1.54) is 7.05 Å². The lowest BCUT2D eigenvalue weighted by Gasteiger charge is -2.42. The average Bonchev–Trinajstić information content (AvgIpc) is 2.49. The fourth-order valence-electron chi connectivity index (χ4n) is 2.45. The Balaban J connectivity index is 2.45. The minimum atomic E-state index is -4.03. The number of hydrogen-bond donors (Lipinski definition) is 4. The molecule has 0 amide bonds. The number of ether oxygens (including phenoxy) is 1. The second kappa shape index (κ2) is 6.27. The lowest BCUT2D eigenvalue weighted by Crippen LogP contribution is -2.56. The second-order valence-corrected chi connectivity index (χ2v) is 7.15. The topological polar surface area (TPSA) is 150 Å². The number of aliphatic hydroxyl groups is 1. The number of benzene rings is 1. The molecule has 2 atom stereocenters. The summed E-state index contributed by atoms with van der Waals surface area (Å²) in [4.78, 5) is 3.78. The Hall–Kier alpha value is -2.35. The second-order valence-electron chi connectivity index (χ2n) is 5.86. The Labute approximate surface area is 140 Å². The highest BCUT2D eigenvalue weighted by Crippen LogP contribution is 2.40.